The minimum absolute atomic E-state index is 0.107. The maximum Gasteiger partial charge on any atom is 0.238 e. The number of hydrogen-bond donors (Lipinski definition) is 1. The van der Waals surface area contributed by atoms with Crippen LogP contribution in [0.4, 0.5) is 5.69 Å². The van der Waals surface area contributed by atoms with Gasteiger partial charge in [0.2, 0.25) is 5.91 Å². The zero-order valence-corrected chi connectivity index (χ0v) is 17.8. The van der Waals surface area contributed by atoms with E-state index in [9.17, 15) is 4.79 Å². The van der Waals surface area contributed by atoms with Gasteiger partial charge in [0.25, 0.3) is 0 Å². The van der Waals surface area contributed by atoms with Crippen molar-refractivity contribution in [1.82, 2.24) is 4.90 Å². The van der Waals surface area contributed by atoms with Crippen LogP contribution in [0, 0.1) is 6.92 Å². The van der Waals surface area contributed by atoms with Gasteiger partial charge in [0.15, 0.2) is 0 Å². The van der Waals surface area contributed by atoms with E-state index in [-0.39, 0.29) is 11.9 Å². The molecule has 0 spiro atoms. The molecule has 1 unspecified atom stereocenters. The summed E-state index contributed by atoms with van der Waals surface area (Å²) in [5, 5.41) is 8.08. The normalized spacial score (nSPS) is 16.9. The van der Waals surface area contributed by atoms with E-state index in [1.165, 1.54) is 15.3 Å². The number of thiophene rings is 2. The molecule has 3 aromatic rings. The molecule has 0 radical (unpaired) electrons. The molecule has 1 aromatic carbocycles. The number of anilines is 1. The Balaban J connectivity index is 1.57. The van der Waals surface area contributed by atoms with Crippen molar-refractivity contribution in [3.8, 4) is 0 Å². The zero-order chi connectivity index (χ0) is 19.0. The molecular weight excluding hydrogens is 419 g/mol. The molecule has 1 aliphatic heterocycles. The summed E-state index contributed by atoms with van der Waals surface area (Å²) in [5.74, 6) is -0.107. The van der Waals surface area contributed by atoms with E-state index in [0.717, 1.165) is 18.5 Å². The van der Waals surface area contributed by atoms with Gasteiger partial charge in [0.1, 0.15) is 0 Å². The van der Waals surface area contributed by atoms with Crippen molar-refractivity contribution in [2.24, 2.45) is 0 Å². The lowest BCUT2D eigenvalue weighted by Gasteiger charge is -2.34. The van der Waals surface area contributed by atoms with Crippen LogP contribution in [0.3, 0.4) is 0 Å². The average molecular weight is 437 g/mol. The van der Waals surface area contributed by atoms with Crippen molar-refractivity contribution in [2.75, 3.05) is 18.4 Å². The number of halogens is 2. The van der Waals surface area contributed by atoms with Crippen LogP contribution in [0.15, 0.2) is 41.1 Å². The van der Waals surface area contributed by atoms with Crippen molar-refractivity contribution in [3.05, 3.63) is 72.0 Å². The molecule has 140 valence electrons. The molecule has 1 aliphatic rings. The third-order valence-electron chi connectivity index (χ3n) is 4.77. The van der Waals surface area contributed by atoms with Gasteiger partial charge in [0, 0.05) is 16.3 Å². The van der Waals surface area contributed by atoms with Crippen molar-refractivity contribution >= 4 is 57.5 Å². The first-order chi connectivity index (χ1) is 13.0. The molecular formula is C20H18Cl2N2OS2. The van der Waals surface area contributed by atoms with Gasteiger partial charge < -0.3 is 5.32 Å². The summed E-state index contributed by atoms with van der Waals surface area (Å²) in [7, 11) is 0. The molecule has 7 heteroatoms. The lowest BCUT2D eigenvalue weighted by atomic mass is 9.98. The van der Waals surface area contributed by atoms with E-state index in [0.29, 0.717) is 22.3 Å². The number of nitrogens with one attached hydrogen (secondary N) is 1. The first-order valence-electron chi connectivity index (χ1n) is 8.62. The van der Waals surface area contributed by atoms with Gasteiger partial charge in [0.05, 0.1) is 28.3 Å². The van der Waals surface area contributed by atoms with E-state index >= 15 is 0 Å². The Hall–Kier alpha value is -1.37. The Kier molecular flexibility index (Phi) is 5.58. The van der Waals surface area contributed by atoms with Gasteiger partial charge in [-0.05, 0) is 53.4 Å². The second-order valence-corrected chi connectivity index (χ2v) is 9.30. The van der Waals surface area contributed by atoms with E-state index in [2.05, 4.69) is 39.2 Å². The summed E-state index contributed by atoms with van der Waals surface area (Å²) in [6, 6.07) is 10.1. The fraction of sp³-hybridized carbons (Fsp3) is 0.250. The largest absolute Gasteiger partial charge is 0.322 e. The summed E-state index contributed by atoms with van der Waals surface area (Å²) >= 11 is 16.1. The summed E-state index contributed by atoms with van der Waals surface area (Å²) in [6.07, 6.45) is 0.966. The lowest BCUT2D eigenvalue weighted by molar-refractivity contribution is -0.117. The highest BCUT2D eigenvalue weighted by atomic mass is 35.5. The highest BCUT2D eigenvalue weighted by Gasteiger charge is 2.31. The maximum absolute atomic E-state index is 12.8. The van der Waals surface area contributed by atoms with Crippen LogP contribution in [0.1, 0.15) is 26.9 Å². The Morgan fingerprint density at radius 2 is 2.07 bits per heavy atom. The third-order valence-corrected chi connectivity index (χ3v) is 7.50. The number of benzene rings is 1. The topological polar surface area (TPSA) is 32.3 Å². The number of aryl methyl sites for hydroxylation is 1. The molecule has 3 nitrogen and oxygen atoms in total. The summed E-state index contributed by atoms with van der Waals surface area (Å²) in [5.41, 5.74) is 2.69. The van der Waals surface area contributed by atoms with Crippen LogP contribution < -0.4 is 5.32 Å². The standard InChI is InChI=1S/C20H18Cl2N2OS2/c1-12-4-5-14(21)19(18(12)22)23-17(25)11-24-8-6-15-13(7-10-27-15)20(24)16-3-2-9-26-16/h2-5,7,9-10,20H,6,8,11H2,1H3,(H,23,25). The molecule has 4 rings (SSSR count). The highest BCUT2D eigenvalue weighted by molar-refractivity contribution is 7.10. The molecule has 1 N–H and O–H groups in total. The predicted molar refractivity (Wildman–Crippen MR) is 116 cm³/mol. The molecule has 0 aliphatic carbocycles. The number of amides is 1. The van der Waals surface area contributed by atoms with Crippen LogP contribution in [-0.4, -0.2) is 23.9 Å². The van der Waals surface area contributed by atoms with Gasteiger partial charge in [-0.3, -0.25) is 9.69 Å². The van der Waals surface area contributed by atoms with Crippen molar-refractivity contribution < 1.29 is 4.79 Å². The average Bonchev–Trinajstić information content (AvgIpc) is 3.33. The van der Waals surface area contributed by atoms with Gasteiger partial charge in [-0.25, -0.2) is 0 Å². The van der Waals surface area contributed by atoms with E-state index in [1.54, 1.807) is 28.7 Å². The van der Waals surface area contributed by atoms with Gasteiger partial charge >= 0.3 is 0 Å². The second-order valence-electron chi connectivity index (χ2n) is 6.54. The number of fused-ring (bicyclic) bond motifs is 1. The third kappa shape index (κ3) is 3.80. The smallest absolute Gasteiger partial charge is 0.238 e. The van der Waals surface area contributed by atoms with E-state index in [4.69, 9.17) is 23.2 Å². The zero-order valence-electron chi connectivity index (χ0n) is 14.7. The number of carbonyl (C=O) groups is 1. The van der Waals surface area contributed by atoms with Gasteiger partial charge in [-0.2, -0.15) is 0 Å². The molecule has 0 saturated heterocycles. The molecule has 1 atom stereocenters. The van der Waals surface area contributed by atoms with Gasteiger partial charge in [-0.15, -0.1) is 22.7 Å². The van der Waals surface area contributed by atoms with Crippen LogP contribution in [0.2, 0.25) is 10.0 Å². The fourth-order valence-electron chi connectivity index (χ4n) is 3.45. The lowest BCUT2D eigenvalue weighted by Crippen LogP contribution is -2.40. The minimum Gasteiger partial charge on any atom is -0.322 e. The first-order valence-corrected chi connectivity index (χ1v) is 11.1. The summed E-state index contributed by atoms with van der Waals surface area (Å²) < 4.78 is 0. The van der Waals surface area contributed by atoms with Crippen LogP contribution in [-0.2, 0) is 11.2 Å². The Morgan fingerprint density at radius 1 is 1.22 bits per heavy atom. The molecule has 0 saturated carbocycles. The van der Waals surface area contributed by atoms with Crippen molar-refractivity contribution in [3.63, 3.8) is 0 Å². The monoisotopic (exact) mass is 436 g/mol. The molecule has 0 fully saturated rings. The van der Waals surface area contributed by atoms with Crippen molar-refractivity contribution in [1.29, 1.82) is 0 Å². The molecule has 2 aromatic heterocycles. The predicted octanol–water partition coefficient (Wildman–Crippen LogP) is 6.01. The van der Waals surface area contributed by atoms with E-state index in [1.807, 2.05) is 13.0 Å². The molecule has 1 amide bonds. The summed E-state index contributed by atoms with van der Waals surface area (Å²) in [4.78, 5) is 17.7. The highest BCUT2D eigenvalue weighted by Crippen LogP contribution is 2.39. The fourth-order valence-corrected chi connectivity index (χ4v) is 5.70. The summed E-state index contributed by atoms with van der Waals surface area (Å²) in [6.45, 7) is 3.03. The van der Waals surface area contributed by atoms with Crippen LogP contribution in [0.5, 0.6) is 0 Å². The molecule has 0 bridgehead atoms. The molecule has 3 heterocycles. The van der Waals surface area contributed by atoms with E-state index < -0.39 is 0 Å². The second kappa shape index (κ2) is 7.94. The number of rotatable bonds is 4. The molecule has 27 heavy (non-hydrogen) atoms. The Bertz CT molecular complexity index is 969. The SMILES string of the molecule is Cc1ccc(Cl)c(NC(=O)CN2CCc3sccc3C2c2cccs2)c1Cl. The van der Waals surface area contributed by atoms with Gasteiger partial charge in [-0.1, -0.05) is 35.3 Å². The maximum atomic E-state index is 12.8. The quantitative estimate of drug-likeness (QED) is 0.542. The Labute approximate surface area is 176 Å². The van der Waals surface area contributed by atoms with Crippen LogP contribution >= 0.6 is 45.9 Å². The van der Waals surface area contributed by atoms with Crippen molar-refractivity contribution in [2.45, 2.75) is 19.4 Å². The number of nitrogens with zero attached hydrogens (tertiary/aromatic N) is 1. The number of carbonyl (C=O) groups excluding carboxylic acids is 1. The van der Waals surface area contributed by atoms with Crippen LogP contribution in [0.25, 0.3) is 0 Å². The first kappa shape index (κ1) is 19.0. The minimum atomic E-state index is -0.107. The number of hydrogen-bond acceptors (Lipinski definition) is 4. The Morgan fingerprint density at radius 3 is 2.85 bits per heavy atom.